The van der Waals surface area contributed by atoms with E-state index in [9.17, 15) is 13.2 Å². The highest BCUT2D eigenvalue weighted by molar-refractivity contribution is 7.18. The summed E-state index contributed by atoms with van der Waals surface area (Å²) in [6, 6.07) is 12.7. The smallest absolute Gasteiger partial charge is 0.389 e. The van der Waals surface area contributed by atoms with Gasteiger partial charge in [-0.15, -0.1) is 0 Å². The number of thiazole rings is 1. The minimum atomic E-state index is -4.34. The molecular weight excluding hydrogens is 409 g/mol. The molecule has 0 radical (unpaired) electrons. The SMILES string of the molecule is Nc1sc(-c2ccc3cnccc3c2)nc1C[C@@H](N)Cc1ccc(C(F)(F)F)cc1. The molecule has 4 aromatic rings. The zero-order chi connectivity index (χ0) is 21.3. The standard InChI is InChI=1S/C22H19F3N4S/c23-22(24,25)17-5-1-13(2-6-17)9-18(26)11-19-20(27)30-21(29-19)15-3-4-16-12-28-8-7-14(16)10-15/h1-8,10,12,18H,9,11,26-27H2/t18-/m0/s1. The molecule has 4 nitrogen and oxygen atoms in total. The van der Waals surface area contributed by atoms with E-state index in [1.54, 1.807) is 12.4 Å². The summed E-state index contributed by atoms with van der Waals surface area (Å²) >= 11 is 1.40. The van der Waals surface area contributed by atoms with Crippen molar-refractivity contribution in [3.63, 3.8) is 0 Å². The fraction of sp³-hybridized carbons (Fsp3) is 0.182. The lowest BCUT2D eigenvalue weighted by Gasteiger charge is -2.12. The fourth-order valence-corrected chi connectivity index (χ4v) is 4.16. The molecule has 2 heterocycles. The Labute approximate surface area is 175 Å². The highest BCUT2D eigenvalue weighted by Gasteiger charge is 2.30. The summed E-state index contributed by atoms with van der Waals surface area (Å²) in [5.74, 6) is 0. The largest absolute Gasteiger partial charge is 0.416 e. The van der Waals surface area contributed by atoms with Gasteiger partial charge in [0.1, 0.15) is 10.0 Å². The first-order valence-electron chi connectivity index (χ1n) is 9.30. The van der Waals surface area contributed by atoms with Crippen LogP contribution in [0.15, 0.2) is 60.9 Å². The number of nitrogens with two attached hydrogens (primary N) is 2. The summed E-state index contributed by atoms with van der Waals surface area (Å²) in [5, 5.41) is 3.52. The summed E-state index contributed by atoms with van der Waals surface area (Å²) in [6.07, 6.45) is 0.0919. The van der Waals surface area contributed by atoms with Gasteiger partial charge in [-0.25, -0.2) is 4.98 Å². The van der Waals surface area contributed by atoms with E-state index in [-0.39, 0.29) is 6.04 Å². The van der Waals surface area contributed by atoms with Crippen LogP contribution in [0.2, 0.25) is 0 Å². The Morgan fingerprint density at radius 2 is 1.73 bits per heavy atom. The van der Waals surface area contributed by atoms with Gasteiger partial charge in [0.2, 0.25) is 0 Å². The molecule has 4 rings (SSSR count). The Morgan fingerprint density at radius 1 is 0.967 bits per heavy atom. The average molecular weight is 428 g/mol. The van der Waals surface area contributed by atoms with Crippen LogP contribution in [0.25, 0.3) is 21.3 Å². The topological polar surface area (TPSA) is 77.8 Å². The van der Waals surface area contributed by atoms with Crippen molar-refractivity contribution in [3.8, 4) is 10.6 Å². The van der Waals surface area contributed by atoms with Gasteiger partial charge >= 0.3 is 6.18 Å². The zero-order valence-corrected chi connectivity index (χ0v) is 16.7. The predicted molar refractivity (Wildman–Crippen MR) is 114 cm³/mol. The highest BCUT2D eigenvalue weighted by Crippen LogP contribution is 2.33. The molecular formula is C22H19F3N4S. The molecule has 0 bridgehead atoms. The van der Waals surface area contributed by atoms with Gasteiger partial charge in [0.15, 0.2) is 0 Å². The van der Waals surface area contributed by atoms with Crippen LogP contribution in [0, 0.1) is 0 Å². The van der Waals surface area contributed by atoms with Crippen molar-refractivity contribution in [1.82, 2.24) is 9.97 Å². The first kappa shape index (κ1) is 20.3. The second-order valence-corrected chi connectivity index (χ2v) is 8.16. The van der Waals surface area contributed by atoms with Gasteiger partial charge in [-0.1, -0.05) is 35.6 Å². The van der Waals surface area contributed by atoms with E-state index in [2.05, 4.69) is 9.97 Å². The molecule has 0 spiro atoms. The van der Waals surface area contributed by atoms with Crippen LogP contribution in [-0.4, -0.2) is 16.0 Å². The number of hydrogen-bond donors (Lipinski definition) is 2. The van der Waals surface area contributed by atoms with E-state index < -0.39 is 11.7 Å². The maximum absolute atomic E-state index is 12.7. The van der Waals surface area contributed by atoms with Crippen molar-refractivity contribution in [2.24, 2.45) is 5.73 Å². The van der Waals surface area contributed by atoms with Crippen LogP contribution in [0.5, 0.6) is 0 Å². The van der Waals surface area contributed by atoms with E-state index in [0.717, 1.165) is 39.0 Å². The van der Waals surface area contributed by atoms with Crippen molar-refractivity contribution in [3.05, 3.63) is 77.7 Å². The monoisotopic (exact) mass is 428 g/mol. The van der Waals surface area contributed by atoms with Gasteiger partial charge in [-0.05, 0) is 41.6 Å². The Bertz CT molecular complexity index is 1170. The predicted octanol–water partition coefficient (Wildman–Crippen LogP) is 5.07. The number of rotatable bonds is 5. The summed E-state index contributed by atoms with van der Waals surface area (Å²) in [7, 11) is 0. The number of halogens is 3. The van der Waals surface area contributed by atoms with Crippen molar-refractivity contribution < 1.29 is 13.2 Å². The van der Waals surface area contributed by atoms with Crippen LogP contribution in [0.1, 0.15) is 16.8 Å². The first-order valence-corrected chi connectivity index (χ1v) is 10.1. The van der Waals surface area contributed by atoms with Gasteiger partial charge in [-0.2, -0.15) is 13.2 Å². The first-order chi connectivity index (χ1) is 14.3. The van der Waals surface area contributed by atoms with Crippen LogP contribution in [-0.2, 0) is 19.0 Å². The summed E-state index contributed by atoms with van der Waals surface area (Å²) < 4.78 is 38.1. The quantitative estimate of drug-likeness (QED) is 0.465. The minimum absolute atomic E-state index is 0.304. The van der Waals surface area contributed by atoms with Crippen molar-refractivity contribution in [2.45, 2.75) is 25.1 Å². The molecule has 2 aromatic carbocycles. The second-order valence-electron chi connectivity index (χ2n) is 7.13. The molecule has 154 valence electrons. The van der Waals surface area contributed by atoms with Crippen molar-refractivity contribution in [1.29, 1.82) is 0 Å². The highest BCUT2D eigenvalue weighted by atomic mass is 32.1. The molecule has 0 saturated carbocycles. The molecule has 0 aliphatic rings. The summed E-state index contributed by atoms with van der Waals surface area (Å²) in [4.78, 5) is 8.78. The number of fused-ring (bicyclic) bond motifs is 1. The van der Waals surface area contributed by atoms with Crippen LogP contribution >= 0.6 is 11.3 Å². The third-order valence-corrected chi connectivity index (χ3v) is 5.83. The third kappa shape index (κ3) is 4.44. The lowest BCUT2D eigenvalue weighted by molar-refractivity contribution is -0.137. The Morgan fingerprint density at radius 3 is 2.47 bits per heavy atom. The van der Waals surface area contributed by atoms with Gasteiger partial charge in [0.25, 0.3) is 0 Å². The molecule has 4 N–H and O–H groups in total. The number of pyridine rings is 1. The third-order valence-electron chi connectivity index (χ3n) is 4.85. The molecule has 0 fully saturated rings. The molecule has 0 amide bonds. The number of alkyl halides is 3. The van der Waals surface area contributed by atoms with E-state index in [4.69, 9.17) is 11.5 Å². The summed E-state index contributed by atoms with van der Waals surface area (Å²) in [5.41, 5.74) is 14.2. The van der Waals surface area contributed by atoms with Crippen LogP contribution in [0.4, 0.5) is 18.2 Å². The number of nitrogen functional groups attached to an aromatic ring is 1. The molecule has 0 aliphatic heterocycles. The second kappa shape index (κ2) is 8.04. The normalized spacial score (nSPS) is 12.9. The molecule has 0 aliphatic carbocycles. The Hall–Kier alpha value is -2.97. The number of hydrogen-bond acceptors (Lipinski definition) is 5. The number of anilines is 1. The van der Waals surface area contributed by atoms with Gasteiger partial charge in [-0.3, -0.25) is 4.98 Å². The molecule has 0 saturated heterocycles. The lowest BCUT2D eigenvalue weighted by Crippen LogP contribution is -2.26. The van der Waals surface area contributed by atoms with Crippen molar-refractivity contribution in [2.75, 3.05) is 5.73 Å². The molecule has 8 heteroatoms. The lowest BCUT2D eigenvalue weighted by atomic mass is 10.0. The molecule has 2 aromatic heterocycles. The zero-order valence-electron chi connectivity index (χ0n) is 15.9. The van der Waals surface area contributed by atoms with Crippen LogP contribution in [0.3, 0.4) is 0 Å². The van der Waals surface area contributed by atoms with Crippen molar-refractivity contribution >= 4 is 27.1 Å². The number of aromatic nitrogens is 2. The number of nitrogens with zero attached hydrogens (tertiary/aromatic N) is 2. The van der Waals surface area contributed by atoms with E-state index in [0.29, 0.717) is 23.5 Å². The van der Waals surface area contributed by atoms with Gasteiger partial charge in [0.05, 0.1) is 11.3 Å². The average Bonchev–Trinajstić information content (AvgIpc) is 3.07. The maximum Gasteiger partial charge on any atom is 0.416 e. The van der Waals surface area contributed by atoms with E-state index in [1.165, 1.54) is 23.5 Å². The summed E-state index contributed by atoms with van der Waals surface area (Å²) in [6.45, 7) is 0. The number of benzene rings is 2. The molecule has 0 unspecified atom stereocenters. The van der Waals surface area contributed by atoms with E-state index in [1.807, 2.05) is 24.3 Å². The maximum atomic E-state index is 12.7. The fourth-order valence-electron chi connectivity index (χ4n) is 3.30. The van der Waals surface area contributed by atoms with E-state index >= 15 is 0 Å². The van der Waals surface area contributed by atoms with Crippen LogP contribution < -0.4 is 11.5 Å². The minimum Gasteiger partial charge on any atom is -0.389 e. The Balaban J connectivity index is 1.47. The molecule has 1 atom stereocenters. The molecule has 30 heavy (non-hydrogen) atoms. The van der Waals surface area contributed by atoms with Gasteiger partial charge in [0, 0.05) is 35.8 Å². The van der Waals surface area contributed by atoms with Gasteiger partial charge < -0.3 is 11.5 Å². The Kier molecular flexibility index (Phi) is 5.44.